The van der Waals surface area contributed by atoms with E-state index in [1.54, 1.807) is 19.9 Å². The molecule has 138 valence electrons. The summed E-state index contributed by atoms with van der Waals surface area (Å²) in [7, 11) is -3.66. The molecule has 1 aliphatic carbocycles. The van der Waals surface area contributed by atoms with Crippen molar-refractivity contribution in [3.8, 4) is 0 Å². The number of sulfonamides is 1. The summed E-state index contributed by atoms with van der Waals surface area (Å²) in [5.41, 5.74) is 0.230. The highest BCUT2D eigenvalue weighted by Gasteiger charge is 2.25. The van der Waals surface area contributed by atoms with Gasteiger partial charge in [0.15, 0.2) is 0 Å². The Morgan fingerprint density at radius 2 is 2.00 bits per heavy atom. The zero-order valence-electron chi connectivity index (χ0n) is 14.4. The van der Waals surface area contributed by atoms with Crippen molar-refractivity contribution in [2.75, 3.05) is 13.1 Å². The van der Waals surface area contributed by atoms with Gasteiger partial charge in [-0.2, -0.15) is 0 Å². The molecule has 2 N–H and O–H groups in total. The quantitative estimate of drug-likeness (QED) is 0.690. The maximum Gasteiger partial charge on any atom is 0.305 e. The molecular formula is C17H24N2O5S. The standard InChI is InChI=1S/C17H24N2O5S/c1-12(2)19(9-8-16(20)21)17(22)14-4-3-5-15(10-14)25(23,24)18-11-13-6-7-13/h3-5,10,12-13,18H,6-9,11H2,1-2H3,(H,20,21). The number of amides is 1. The molecule has 0 saturated heterocycles. The van der Waals surface area contributed by atoms with E-state index in [1.165, 1.54) is 23.1 Å². The highest BCUT2D eigenvalue weighted by atomic mass is 32.2. The molecule has 0 heterocycles. The second kappa shape index (κ2) is 7.97. The Morgan fingerprint density at radius 1 is 1.32 bits per heavy atom. The van der Waals surface area contributed by atoms with Gasteiger partial charge in [-0.1, -0.05) is 6.07 Å². The van der Waals surface area contributed by atoms with Gasteiger partial charge in [0.25, 0.3) is 5.91 Å². The number of rotatable bonds is 9. The summed E-state index contributed by atoms with van der Waals surface area (Å²) in [5, 5.41) is 8.83. The second-order valence-electron chi connectivity index (χ2n) is 6.56. The van der Waals surface area contributed by atoms with Crippen LogP contribution < -0.4 is 4.72 Å². The maximum atomic E-state index is 12.7. The smallest absolute Gasteiger partial charge is 0.305 e. The summed E-state index contributed by atoms with van der Waals surface area (Å²) in [5.74, 6) is -0.957. The van der Waals surface area contributed by atoms with Gasteiger partial charge < -0.3 is 10.0 Å². The first kappa shape index (κ1) is 19.4. The third-order valence-electron chi connectivity index (χ3n) is 4.10. The number of hydrogen-bond donors (Lipinski definition) is 2. The van der Waals surface area contributed by atoms with Crippen molar-refractivity contribution < 1.29 is 23.1 Å². The van der Waals surface area contributed by atoms with Crippen LogP contribution in [0.4, 0.5) is 0 Å². The van der Waals surface area contributed by atoms with Crippen LogP contribution in [-0.2, 0) is 14.8 Å². The van der Waals surface area contributed by atoms with Gasteiger partial charge in [0.1, 0.15) is 0 Å². The molecule has 0 bridgehead atoms. The van der Waals surface area contributed by atoms with Gasteiger partial charge in [-0.25, -0.2) is 13.1 Å². The molecule has 0 atom stereocenters. The van der Waals surface area contributed by atoms with Crippen molar-refractivity contribution in [2.24, 2.45) is 5.92 Å². The van der Waals surface area contributed by atoms with Crippen LogP contribution in [-0.4, -0.2) is 49.4 Å². The van der Waals surface area contributed by atoms with Gasteiger partial charge in [-0.05, 0) is 50.8 Å². The summed E-state index contributed by atoms with van der Waals surface area (Å²) in [6.07, 6.45) is 1.91. The summed E-state index contributed by atoms with van der Waals surface area (Å²) in [6, 6.07) is 5.66. The number of aliphatic carboxylic acids is 1. The second-order valence-corrected chi connectivity index (χ2v) is 8.33. The Hall–Kier alpha value is -1.93. The van der Waals surface area contributed by atoms with Crippen molar-refractivity contribution in [3.63, 3.8) is 0 Å². The number of carbonyl (C=O) groups is 2. The normalized spacial score (nSPS) is 14.5. The molecule has 2 rings (SSSR count). The van der Waals surface area contributed by atoms with Crippen molar-refractivity contribution in [1.82, 2.24) is 9.62 Å². The molecule has 7 nitrogen and oxygen atoms in total. The van der Waals surface area contributed by atoms with Gasteiger partial charge in [-0.3, -0.25) is 9.59 Å². The van der Waals surface area contributed by atoms with E-state index in [4.69, 9.17) is 5.11 Å². The predicted molar refractivity (Wildman–Crippen MR) is 92.8 cm³/mol. The fourth-order valence-electron chi connectivity index (χ4n) is 2.41. The Labute approximate surface area is 148 Å². The summed E-state index contributed by atoms with van der Waals surface area (Å²) in [4.78, 5) is 24.9. The Kier molecular flexibility index (Phi) is 6.18. The average molecular weight is 368 g/mol. The number of carboxylic acid groups (broad SMARTS) is 1. The molecule has 1 saturated carbocycles. The van der Waals surface area contributed by atoms with Crippen LogP contribution in [0.15, 0.2) is 29.2 Å². The molecule has 0 aliphatic heterocycles. The molecule has 0 spiro atoms. The Morgan fingerprint density at radius 3 is 2.56 bits per heavy atom. The summed E-state index contributed by atoms with van der Waals surface area (Å²) >= 11 is 0. The minimum absolute atomic E-state index is 0.0425. The van der Waals surface area contributed by atoms with Crippen molar-refractivity contribution in [2.45, 2.75) is 44.0 Å². The number of hydrogen-bond acceptors (Lipinski definition) is 4. The van der Waals surface area contributed by atoms with Crippen LogP contribution in [0.25, 0.3) is 0 Å². The van der Waals surface area contributed by atoms with Crippen LogP contribution >= 0.6 is 0 Å². The third-order valence-corrected chi connectivity index (χ3v) is 5.52. The first-order valence-corrected chi connectivity index (χ1v) is 9.81. The van der Waals surface area contributed by atoms with E-state index in [2.05, 4.69) is 4.72 Å². The zero-order chi connectivity index (χ0) is 18.6. The number of nitrogens with zero attached hydrogens (tertiary/aromatic N) is 1. The van der Waals surface area contributed by atoms with E-state index in [1.807, 2.05) is 0 Å². The predicted octanol–water partition coefficient (Wildman–Crippen LogP) is 1.70. The maximum absolute atomic E-state index is 12.7. The number of benzene rings is 1. The van der Waals surface area contributed by atoms with Gasteiger partial charge in [-0.15, -0.1) is 0 Å². The van der Waals surface area contributed by atoms with E-state index >= 15 is 0 Å². The van der Waals surface area contributed by atoms with Gasteiger partial charge in [0.2, 0.25) is 10.0 Å². The van der Waals surface area contributed by atoms with Crippen LogP contribution in [0.1, 0.15) is 43.5 Å². The van der Waals surface area contributed by atoms with E-state index < -0.39 is 16.0 Å². The van der Waals surface area contributed by atoms with Crippen LogP contribution in [0.3, 0.4) is 0 Å². The molecule has 1 aliphatic rings. The van der Waals surface area contributed by atoms with E-state index in [0.717, 1.165) is 12.8 Å². The molecule has 0 radical (unpaired) electrons. The first-order valence-electron chi connectivity index (χ1n) is 8.33. The van der Waals surface area contributed by atoms with Crippen LogP contribution in [0.5, 0.6) is 0 Å². The van der Waals surface area contributed by atoms with Gasteiger partial charge >= 0.3 is 5.97 Å². The highest BCUT2D eigenvalue weighted by molar-refractivity contribution is 7.89. The average Bonchev–Trinajstić information content (AvgIpc) is 3.37. The lowest BCUT2D eigenvalue weighted by Gasteiger charge is -2.26. The van der Waals surface area contributed by atoms with E-state index in [-0.39, 0.29) is 35.4 Å². The molecule has 0 aromatic heterocycles. The topological polar surface area (TPSA) is 104 Å². The largest absolute Gasteiger partial charge is 0.481 e. The van der Waals surface area contributed by atoms with E-state index in [0.29, 0.717) is 12.5 Å². The van der Waals surface area contributed by atoms with Gasteiger partial charge in [0.05, 0.1) is 11.3 Å². The molecular weight excluding hydrogens is 344 g/mol. The molecule has 1 aromatic carbocycles. The zero-order valence-corrected chi connectivity index (χ0v) is 15.3. The molecule has 8 heteroatoms. The number of nitrogens with one attached hydrogen (secondary N) is 1. The molecule has 1 aromatic rings. The van der Waals surface area contributed by atoms with Crippen LogP contribution in [0, 0.1) is 5.92 Å². The monoisotopic (exact) mass is 368 g/mol. The Balaban J connectivity index is 2.17. The SMILES string of the molecule is CC(C)N(CCC(=O)O)C(=O)c1cccc(S(=O)(=O)NCC2CC2)c1. The summed E-state index contributed by atoms with van der Waals surface area (Å²) in [6.45, 7) is 4.06. The van der Waals surface area contributed by atoms with E-state index in [9.17, 15) is 18.0 Å². The molecule has 1 amide bonds. The van der Waals surface area contributed by atoms with Crippen molar-refractivity contribution in [3.05, 3.63) is 29.8 Å². The highest BCUT2D eigenvalue weighted by Crippen LogP contribution is 2.28. The Bertz CT molecular complexity index is 741. The lowest BCUT2D eigenvalue weighted by molar-refractivity contribution is -0.137. The number of carboxylic acids is 1. The van der Waals surface area contributed by atoms with Crippen molar-refractivity contribution >= 4 is 21.9 Å². The minimum atomic E-state index is -3.66. The van der Waals surface area contributed by atoms with Crippen molar-refractivity contribution in [1.29, 1.82) is 0 Å². The minimum Gasteiger partial charge on any atom is -0.481 e. The molecule has 1 fully saturated rings. The first-order chi connectivity index (χ1) is 11.7. The summed E-state index contributed by atoms with van der Waals surface area (Å²) < 4.78 is 27.3. The van der Waals surface area contributed by atoms with Gasteiger partial charge in [0, 0.05) is 24.7 Å². The lowest BCUT2D eigenvalue weighted by Crippen LogP contribution is -2.38. The third kappa shape index (κ3) is 5.54. The lowest BCUT2D eigenvalue weighted by atomic mass is 10.1. The number of carbonyl (C=O) groups excluding carboxylic acids is 1. The fourth-order valence-corrected chi connectivity index (χ4v) is 3.57. The fraction of sp³-hybridized carbons (Fsp3) is 0.529. The van der Waals surface area contributed by atoms with Crippen LogP contribution in [0.2, 0.25) is 0 Å². The molecule has 0 unspecified atom stereocenters. The molecule has 25 heavy (non-hydrogen) atoms.